The minimum Gasteiger partial charge on any atom is -0.397 e. The molecule has 0 bridgehead atoms. The van der Waals surface area contributed by atoms with Crippen LogP contribution >= 0.6 is 11.9 Å². The van der Waals surface area contributed by atoms with Gasteiger partial charge in [0.15, 0.2) is 0 Å². The fourth-order valence-electron chi connectivity index (χ4n) is 3.65. The van der Waals surface area contributed by atoms with Crippen molar-refractivity contribution >= 4 is 34.8 Å². The SMILES string of the molecule is C=C1CN(Sc2ccc(C(=O)Nc3ccccc3N)cc2)C(CC#N)c2ccccc21. The number of hydrogen-bond donors (Lipinski definition) is 2. The number of carbonyl (C=O) groups is 1. The Hall–Kier alpha value is -3.53. The number of anilines is 2. The molecule has 0 aromatic heterocycles. The van der Waals surface area contributed by atoms with Crippen molar-refractivity contribution in [1.29, 1.82) is 5.26 Å². The lowest BCUT2D eigenvalue weighted by atomic mass is 9.90. The van der Waals surface area contributed by atoms with Crippen molar-refractivity contribution in [3.05, 3.63) is 96.1 Å². The lowest BCUT2D eigenvalue weighted by molar-refractivity contribution is 0.102. The Labute approximate surface area is 186 Å². The highest BCUT2D eigenvalue weighted by Gasteiger charge is 2.29. The minimum absolute atomic E-state index is 0.0132. The highest BCUT2D eigenvalue weighted by Crippen LogP contribution is 2.42. The number of amides is 1. The first-order chi connectivity index (χ1) is 15.1. The summed E-state index contributed by atoms with van der Waals surface area (Å²) >= 11 is 1.58. The Morgan fingerprint density at radius 2 is 1.84 bits per heavy atom. The third kappa shape index (κ3) is 4.48. The van der Waals surface area contributed by atoms with E-state index in [0.717, 1.165) is 21.6 Å². The Morgan fingerprint density at radius 1 is 1.13 bits per heavy atom. The summed E-state index contributed by atoms with van der Waals surface area (Å²) in [6.45, 7) is 4.90. The van der Waals surface area contributed by atoms with E-state index in [1.807, 2.05) is 36.4 Å². The summed E-state index contributed by atoms with van der Waals surface area (Å²) in [5.74, 6) is -0.211. The Bertz CT molecular complexity index is 1170. The number of nitrogens with two attached hydrogens (primary N) is 1. The Morgan fingerprint density at radius 3 is 2.58 bits per heavy atom. The smallest absolute Gasteiger partial charge is 0.255 e. The van der Waals surface area contributed by atoms with Gasteiger partial charge in [-0.2, -0.15) is 5.26 Å². The van der Waals surface area contributed by atoms with Crippen LogP contribution in [0, 0.1) is 11.3 Å². The van der Waals surface area contributed by atoms with Crippen molar-refractivity contribution in [2.75, 3.05) is 17.6 Å². The number of carbonyl (C=O) groups excluding carboxylic acids is 1. The maximum absolute atomic E-state index is 12.6. The maximum Gasteiger partial charge on any atom is 0.255 e. The molecule has 1 heterocycles. The van der Waals surface area contributed by atoms with Gasteiger partial charge < -0.3 is 11.1 Å². The molecule has 31 heavy (non-hydrogen) atoms. The molecule has 0 saturated heterocycles. The molecule has 3 N–H and O–H groups in total. The van der Waals surface area contributed by atoms with Gasteiger partial charge in [-0.15, -0.1) is 0 Å². The van der Waals surface area contributed by atoms with Crippen LogP contribution in [0.2, 0.25) is 0 Å². The van der Waals surface area contributed by atoms with Gasteiger partial charge in [0.05, 0.1) is 29.9 Å². The molecule has 0 spiro atoms. The van der Waals surface area contributed by atoms with Crippen molar-refractivity contribution in [3.8, 4) is 6.07 Å². The second-order valence-electron chi connectivity index (χ2n) is 7.30. The molecule has 3 aromatic rings. The number of nitrogen functional groups attached to an aromatic ring is 1. The minimum atomic E-state index is -0.211. The van der Waals surface area contributed by atoms with Crippen LogP contribution in [-0.4, -0.2) is 16.8 Å². The summed E-state index contributed by atoms with van der Waals surface area (Å²) in [5, 5.41) is 12.2. The predicted octanol–water partition coefficient (Wildman–Crippen LogP) is 5.51. The summed E-state index contributed by atoms with van der Waals surface area (Å²) in [5.41, 5.74) is 10.9. The van der Waals surface area contributed by atoms with Gasteiger partial charge in [-0.05, 0) is 65.0 Å². The number of rotatable bonds is 5. The second-order valence-corrected chi connectivity index (χ2v) is 8.42. The molecule has 6 heteroatoms. The average Bonchev–Trinajstić information content (AvgIpc) is 2.78. The van der Waals surface area contributed by atoms with Gasteiger partial charge in [0, 0.05) is 17.0 Å². The van der Waals surface area contributed by atoms with Gasteiger partial charge in [-0.25, -0.2) is 4.31 Å². The van der Waals surface area contributed by atoms with Crippen molar-refractivity contribution in [2.24, 2.45) is 0 Å². The van der Waals surface area contributed by atoms with Crippen LogP contribution in [0.15, 0.2) is 84.3 Å². The van der Waals surface area contributed by atoms with Crippen molar-refractivity contribution in [3.63, 3.8) is 0 Å². The van der Waals surface area contributed by atoms with Crippen molar-refractivity contribution in [2.45, 2.75) is 17.4 Å². The van der Waals surface area contributed by atoms with Gasteiger partial charge >= 0.3 is 0 Å². The van der Waals surface area contributed by atoms with Crippen molar-refractivity contribution < 1.29 is 4.79 Å². The molecular weight excluding hydrogens is 404 g/mol. The van der Waals surface area contributed by atoms with Crippen molar-refractivity contribution in [1.82, 2.24) is 4.31 Å². The van der Waals surface area contributed by atoms with Gasteiger partial charge in [0.25, 0.3) is 5.91 Å². The predicted molar refractivity (Wildman–Crippen MR) is 126 cm³/mol. The van der Waals surface area contributed by atoms with Gasteiger partial charge in [0.1, 0.15) is 0 Å². The van der Waals surface area contributed by atoms with E-state index in [-0.39, 0.29) is 11.9 Å². The lowest BCUT2D eigenvalue weighted by Crippen LogP contribution is -2.29. The monoisotopic (exact) mass is 426 g/mol. The topological polar surface area (TPSA) is 82.2 Å². The summed E-state index contributed by atoms with van der Waals surface area (Å²) < 4.78 is 2.19. The van der Waals surface area contributed by atoms with E-state index in [9.17, 15) is 10.1 Å². The number of nitrogens with one attached hydrogen (secondary N) is 1. The fraction of sp³-hybridized carbons (Fsp3) is 0.120. The number of fused-ring (bicyclic) bond motifs is 1. The van der Waals surface area contributed by atoms with Crippen LogP contribution in [0.3, 0.4) is 0 Å². The molecule has 1 amide bonds. The first-order valence-corrected chi connectivity index (χ1v) is 10.7. The van der Waals surface area contributed by atoms with E-state index in [0.29, 0.717) is 29.9 Å². The first-order valence-electron chi connectivity index (χ1n) is 9.91. The second kappa shape index (κ2) is 9.09. The molecule has 1 atom stereocenters. The Balaban J connectivity index is 1.50. The van der Waals surface area contributed by atoms with E-state index >= 15 is 0 Å². The number of benzene rings is 3. The highest BCUT2D eigenvalue weighted by atomic mass is 32.2. The lowest BCUT2D eigenvalue weighted by Gasteiger charge is -2.36. The van der Waals surface area contributed by atoms with E-state index in [4.69, 9.17) is 5.73 Å². The molecular formula is C25H22N4OS. The summed E-state index contributed by atoms with van der Waals surface area (Å²) in [6, 6.07) is 25.0. The van der Waals surface area contributed by atoms with E-state index in [2.05, 4.69) is 34.4 Å². The zero-order valence-electron chi connectivity index (χ0n) is 16.9. The molecule has 5 nitrogen and oxygen atoms in total. The first kappa shape index (κ1) is 20.7. The number of nitrogens with zero attached hydrogens (tertiary/aromatic N) is 2. The van der Waals surface area contributed by atoms with E-state index in [1.165, 1.54) is 0 Å². The molecule has 1 aliphatic heterocycles. The van der Waals surface area contributed by atoms with Gasteiger partial charge in [-0.1, -0.05) is 43.0 Å². The van der Waals surface area contributed by atoms with Gasteiger partial charge in [0.2, 0.25) is 0 Å². The molecule has 154 valence electrons. The van der Waals surface area contributed by atoms with Gasteiger partial charge in [-0.3, -0.25) is 4.79 Å². The summed E-state index contributed by atoms with van der Waals surface area (Å²) in [7, 11) is 0. The Kier molecular flexibility index (Phi) is 6.08. The average molecular weight is 427 g/mol. The van der Waals surface area contributed by atoms with Crippen LogP contribution in [0.1, 0.15) is 33.9 Å². The molecule has 0 fully saturated rings. The third-order valence-electron chi connectivity index (χ3n) is 5.23. The number of hydrogen-bond acceptors (Lipinski definition) is 5. The van der Waals surface area contributed by atoms with Crippen LogP contribution < -0.4 is 11.1 Å². The largest absolute Gasteiger partial charge is 0.397 e. The highest BCUT2D eigenvalue weighted by molar-refractivity contribution is 7.97. The normalized spacial score (nSPS) is 15.7. The van der Waals surface area contributed by atoms with Crippen LogP contribution in [0.4, 0.5) is 11.4 Å². The van der Waals surface area contributed by atoms with E-state index < -0.39 is 0 Å². The van der Waals surface area contributed by atoms with Crippen LogP contribution in [-0.2, 0) is 0 Å². The number of nitriles is 1. The number of para-hydroxylation sites is 2. The summed E-state index contributed by atoms with van der Waals surface area (Å²) in [6.07, 6.45) is 0.399. The molecule has 0 radical (unpaired) electrons. The molecule has 1 aliphatic rings. The molecule has 3 aromatic carbocycles. The quantitative estimate of drug-likeness (QED) is 0.415. The summed E-state index contributed by atoms with van der Waals surface area (Å²) in [4.78, 5) is 13.5. The standard InChI is InChI=1S/C25H22N4OS/c1-17-16-29(24(14-15-26)21-7-3-2-6-20(17)21)31-19-12-10-18(11-13-19)25(30)28-23-9-5-4-8-22(23)27/h2-13,24H,1,14,16,27H2,(H,28,30). The van der Waals surface area contributed by atoms with Crippen LogP contribution in [0.5, 0.6) is 0 Å². The fourth-order valence-corrected chi connectivity index (χ4v) is 4.71. The molecule has 0 saturated carbocycles. The van der Waals surface area contributed by atoms with E-state index in [1.54, 1.807) is 36.2 Å². The molecule has 0 aliphatic carbocycles. The van der Waals surface area contributed by atoms with Crippen LogP contribution in [0.25, 0.3) is 5.57 Å². The molecule has 1 unspecified atom stereocenters. The zero-order chi connectivity index (χ0) is 21.8. The molecule has 4 rings (SSSR count). The zero-order valence-corrected chi connectivity index (χ0v) is 17.7. The third-order valence-corrected chi connectivity index (χ3v) is 6.33. The maximum atomic E-state index is 12.6.